The smallest absolute Gasteiger partial charge is 0.328 e. The number of para-hydroxylation sites is 1. The summed E-state index contributed by atoms with van der Waals surface area (Å²) in [5.74, 6) is -0.560. The molecule has 2 aromatic carbocycles. The Morgan fingerprint density at radius 1 is 1.08 bits per heavy atom. The highest BCUT2D eigenvalue weighted by Crippen LogP contribution is 2.38. The van der Waals surface area contributed by atoms with Crippen LogP contribution in [0.1, 0.15) is 34.6 Å². The van der Waals surface area contributed by atoms with E-state index >= 15 is 0 Å². The molecule has 1 aromatic heterocycles. The van der Waals surface area contributed by atoms with E-state index in [-0.39, 0.29) is 11.9 Å². The third-order valence-electron chi connectivity index (χ3n) is 5.14. The number of amides is 1. The number of ether oxygens (including phenoxy) is 1. The monoisotopic (exact) mass is 348 g/mol. The molecule has 2 heterocycles. The van der Waals surface area contributed by atoms with Gasteiger partial charge in [0.1, 0.15) is 6.04 Å². The van der Waals surface area contributed by atoms with Crippen LogP contribution in [0.3, 0.4) is 0 Å². The number of nitrogens with zero attached hydrogens (tertiary/aromatic N) is 1. The predicted octanol–water partition coefficient (Wildman–Crippen LogP) is 3.47. The molecule has 1 amide bonds. The predicted molar refractivity (Wildman–Crippen MR) is 98.8 cm³/mol. The minimum absolute atomic E-state index is 0.169. The van der Waals surface area contributed by atoms with Crippen LogP contribution < -0.4 is 0 Å². The molecule has 132 valence electrons. The first-order valence-electron chi connectivity index (χ1n) is 8.67. The van der Waals surface area contributed by atoms with Gasteiger partial charge in [-0.2, -0.15) is 0 Å². The Hall–Kier alpha value is -3.08. The number of carbonyl (C=O) groups excluding carboxylic acids is 2. The van der Waals surface area contributed by atoms with Crippen molar-refractivity contribution in [2.24, 2.45) is 0 Å². The Morgan fingerprint density at radius 2 is 1.77 bits per heavy atom. The number of aromatic amines is 1. The van der Waals surface area contributed by atoms with E-state index in [9.17, 15) is 9.59 Å². The molecule has 0 spiro atoms. The van der Waals surface area contributed by atoms with Crippen molar-refractivity contribution in [2.75, 3.05) is 7.11 Å². The molecule has 0 unspecified atom stereocenters. The lowest BCUT2D eigenvalue weighted by molar-refractivity contribution is -0.147. The molecule has 3 aromatic rings. The summed E-state index contributed by atoms with van der Waals surface area (Å²) in [4.78, 5) is 30.7. The molecular weight excluding hydrogens is 328 g/mol. The first-order chi connectivity index (χ1) is 12.6. The Morgan fingerprint density at radius 3 is 2.50 bits per heavy atom. The van der Waals surface area contributed by atoms with Gasteiger partial charge in [-0.05, 0) is 30.7 Å². The maximum atomic E-state index is 13.2. The normalized spacial score (nSPS) is 19.2. The number of esters is 1. The number of H-pyrrole nitrogens is 1. The van der Waals surface area contributed by atoms with Crippen LogP contribution in [0, 0.1) is 0 Å². The zero-order chi connectivity index (χ0) is 18.3. The maximum absolute atomic E-state index is 13.2. The second-order valence-electron chi connectivity index (χ2n) is 6.56. The van der Waals surface area contributed by atoms with Gasteiger partial charge < -0.3 is 14.6 Å². The van der Waals surface area contributed by atoms with Crippen molar-refractivity contribution in [3.8, 4) is 0 Å². The highest BCUT2D eigenvalue weighted by atomic mass is 16.5. The van der Waals surface area contributed by atoms with Gasteiger partial charge in [0.2, 0.25) is 0 Å². The van der Waals surface area contributed by atoms with E-state index in [2.05, 4.69) is 4.98 Å². The van der Waals surface area contributed by atoms with Crippen molar-refractivity contribution < 1.29 is 14.3 Å². The first kappa shape index (κ1) is 16.4. The molecule has 0 saturated heterocycles. The molecule has 26 heavy (non-hydrogen) atoms. The molecular formula is C21H20N2O3. The summed E-state index contributed by atoms with van der Waals surface area (Å²) >= 11 is 0. The van der Waals surface area contributed by atoms with Crippen molar-refractivity contribution in [3.63, 3.8) is 0 Å². The van der Waals surface area contributed by atoms with Crippen LogP contribution in [0.25, 0.3) is 10.9 Å². The first-order valence-corrected chi connectivity index (χ1v) is 8.67. The molecule has 0 aliphatic carbocycles. The number of hydrogen-bond donors (Lipinski definition) is 1. The third-order valence-corrected chi connectivity index (χ3v) is 5.14. The van der Waals surface area contributed by atoms with E-state index in [1.807, 2.05) is 49.4 Å². The van der Waals surface area contributed by atoms with Crippen molar-refractivity contribution >= 4 is 22.8 Å². The number of nitrogens with one attached hydrogen (secondary N) is 1. The van der Waals surface area contributed by atoms with Gasteiger partial charge in [0.15, 0.2) is 0 Å². The van der Waals surface area contributed by atoms with Crippen molar-refractivity contribution in [2.45, 2.75) is 25.4 Å². The standard InChI is InChI=1S/C21H20N2O3/c1-13-19-16(15-10-6-7-11-17(15)22-19)12-18(21(25)26-2)23(13)20(24)14-8-4-3-5-9-14/h3-11,13,18,22H,12H2,1-2H3/t13-,18-/m1/s1. The zero-order valence-corrected chi connectivity index (χ0v) is 14.7. The van der Waals surface area contributed by atoms with Crippen LogP contribution in [-0.2, 0) is 16.0 Å². The van der Waals surface area contributed by atoms with Gasteiger partial charge in [-0.3, -0.25) is 4.79 Å². The lowest BCUT2D eigenvalue weighted by Gasteiger charge is -2.39. The largest absolute Gasteiger partial charge is 0.467 e. The van der Waals surface area contributed by atoms with E-state index in [0.29, 0.717) is 12.0 Å². The van der Waals surface area contributed by atoms with E-state index < -0.39 is 12.0 Å². The lowest BCUT2D eigenvalue weighted by atomic mass is 9.91. The molecule has 0 radical (unpaired) electrons. The summed E-state index contributed by atoms with van der Waals surface area (Å²) < 4.78 is 5.01. The Labute approximate surface area is 151 Å². The van der Waals surface area contributed by atoms with E-state index in [1.54, 1.807) is 17.0 Å². The molecule has 1 aliphatic rings. The number of aromatic nitrogens is 1. The molecule has 0 saturated carbocycles. The minimum Gasteiger partial charge on any atom is -0.467 e. The summed E-state index contributed by atoms with van der Waals surface area (Å²) in [6.45, 7) is 1.95. The number of benzene rings is 2. The van der Waals surface area contributed by atoms with Crippen LogP contribution in [0.4, 0.5) is 0 Å². The quantitative estimate of drug-likeness (QED) is 0.721. The molecule has 5 nitrogen and oxygen atoms in total. The summed E-state index contributed by atoms with van der Waals surface area (Å²) in [6.07, 6.45) is 0.439. The van der Waals surface area contributed by atoms with Crippen LogP contribution in [0.2, 0.25) is 0 Å². The average molecular weight is 348 g/mol. The molecule has 1 aliphatic heterocycles. The van der Waals surface area contributed by atoms with Gasteiger partial charge >= 0.3 is 5.97 Å². The fourth-order valence-corrected chi connectivity index (χ4v) is 3.88. The van der Waals surface area contributed by atoms with Crippen LogP contribution >= 0.6 is 0 Å². The van der Waals surface area contributed by atoms with Gasteiger partial charge in [0.05, 0.1) is 13.2 Å². The van der Waals surface area contributed by atoms with E-state index in [1.165, 1.54) is 7.11 Å². The van der Waals surface area contributed by atoms with E-state index in [4.69, 9.17) is 4.74 Å². The second-order valence-corrected chi connectivity index (χ2v) is 6.56. The van der Waals surface area contributed by atoms with Crippen LogP contribution in [0.15, 0.2) is 54.6 Å². The molecule has 5 heteroatoms. The number of carbonyl (C=O) groups is 2. The van der Waals surface area contributed by atoms with Gasteiger partial charge in [0.25, 0.3) is 5.91 Å². The molecule has 0 fully saturated rings. The topological polar surface area (TPSA) is 62.4 Å². The molecule has 1 N–H and O–H groups in total. The Bertz CT molecular complexity index is 977. The maximum Gasteiger partial charge on any atom is 0.328 e. The van der Waals surface area contributed by atoms with Crippen molar-refractivity contribution in [1.82, 2.24) is 9.88 Å². The number of methoxy groups -OCH3 is 1. The zero-order valence-electron chi connectivity index (χ0n) is 14.7. The van der Waals surface area contributed by atoms with Gasteiger partial charge in [-0.1, -0.05) is 36.4 Å². The minimum atomic E-state index is -0.644. The number of hydrogen-bond acceptors (Lipinski definition) is 3. The Balaban J connectivity index is 1.84. The van der Waals surface area contributed by atoms with E-state index in [0.717, 1.165) is 22.2 Å². The molecule has 4 rings (SSSR count). The van der Waals surface area contributed by atoms with Gasteiger partial charge in [0, 0.05) is 28.6 Å². The lowest BCUT2D eigenvalue weighted by Crippen LogP contribution is -2.50. The van der Waals surface area contributed by atoms with Crippen molar-refractivity contribution in [3.05, 3.63) is 71.4 Å². The van der Waals surface area contributed by atoms with Gasteiger partial charge in [-0.25, -0.2) is 4.79 Å². The summed E-state index contributed by atoms with van der Waals surface area (Å²) in [5.41, 5.74) is 3.64. The SMILES string of the molecule is COC(=O)[C@H]1Cc2c([nH]c3ccccc23)[C@@H](C)N1C(=O)c1ccccc1. The molecule has 2 atom stereocenters. The number of fused-ring (bicyclic) bond motifs is 3. The fraction of sp³-hybridized carbons (Fsp3) is 0.238. The van der Waals surface area contributed by atoms with Crippen molar-refractivity contribution in [1.29, 1.82) is 0 Å². The third kappa shape index (κ3) is 2.47. The summed E-state index contributed by atoms with van der Waals surface area (Å²) in [7, 11) is 1.36. The Kier molecular flexibility index (Phi) is 3.99. The fourth-order valence-electron chi connectivity index (χ4n) is 3.88. The van der Waals surface area contributed by atoms with Crippen LogP contribution in [0.5, 0.6) is 0 Å². The highest BCUT2D eigenvalue weighted by molar-refractivity contribution is 5.98. The summed E-state index contributed by atoms with van der Waals surface area (Å²) in [5, 5.41) is 1.09. The molecule has 0 bridgehead atoms. The second kappa shape index (κ2) is 6.33. The average Bonchev–Trinajstić information content (AvgIpc) is 3.06. The number of rotatable bonds is 2. The highest BCUT2D eigenvalue weighted by Gasteiger charge is 2.41. The summed E-state index contributed by atoms with van der Waals surface area (Å²) in [6, 6.07) is 16.1. The van der Waals surface area contributed by atoms with Crippen LogP contribution in [-0.4, -0.2) is 34.9 Å². The van der Waals surface area contributed by atoms with Gasteiger partial charge in [-0.15, -0.1) is 0 Å².